The summed E-state index contributed by atoms with van der Waals surface area (Å²) in [4.78, 5) is 0. The Labute approximate surface area is 129 Å². The Morgan fingerprint density at radius 3 is 2.52 bits per heavy atom. The molecule has 0 radical (unpaired) electrons. The lowest BCUT2D eigenvalue weighted by molar-refractivity contribution is 0.309. The molecule has 2 N–H and O–H groups in total. The molecule has 1 aromatic carbocycles. The first-order chi connectivity index (χ1) is 10.3. The highest BCUT2D eigenvalue weighted by Gasteiger charge is 2.16. The maximum Gasteiger partial charge on any atom is 0.119 e. The van der Waals surface area contributed by atoms with Crippen LogP contribution in [0.5, 0.6) is 5.75 Å². The molecule has 0 aromatic heterocycles. The van der Waals surface area contributed by atoms with Gasteiger partial charge in [-0.05, 0) is 42.9 Å². The van der Waals surface area contributed by atoms with Crippen LogP contribution in [-0.2, 0) is 0 Å². The molecule has 0 atom stereocenters. The number of hydrogen-bond acceptors (Lipinski definition) is 2. The quantitative estimate of drug-likeness (QED) is 0.732. The Morgan fingerprint density at radius 2 is 1.90 bits per heavy atom. The van der Waals surface area contributed by atoms with Crippen LogP contribution in [-0.4, -0.2) is 13.2 Å². The molecular formula is C19H29NO. The van der Waals surface area contributed by atoms with Crippen LogP contribution in [0, 0.1) is 5.92 Å². The number of unbranched alkanes of at least 4 members (excludes halogenated alkanes) is 1. The van der Waals surface area contributed by atoms with Gasteiger partial charge in [-0.1, -0.05) is 56.4 Å². The predicted octanol–water partition coefficient (Wildman–Crippen LogP) is 4.79. The van der Waals surface area contributed by atoms with Crippen LogP contribution in [0.4, 0.5) is 0 Å². The van der Waals surface area contributed by atoms with E-state index in [1.807, 2.05) is 0 Å². The smallest absolute Gasteiger partial charge is 0.119 e. The van der Waals surface area contributed by atoms with E-state index < -0.39 is 0 Å². The third-order valence-electron chi connectivity index (χ3n) is 4.36. The van der Waals surface area contributed by atoms with Crippen molar-refractivity contribution in [1.29, 1.82) is 0 Å². The van der Waals surface area contributed by atoms with Crippen LogP contribution in [0.25, 0.3) is 6.08 Å². The Balaban J connectivity index is 1.97. The summed E-state index contributed by atoms with van der Waals surface area (Å²) in [6, 6.07) is 8.41. The van der Waals surface area contributed by atoms with Gasteiger partial charge in [-0.2, -0.15) is 0 Å². The first-order valence-corrected chi connectivity index (χ1v) is 8.47. The van der Waals surface area contributed by atoms with E-state index in [0.29, 0.717) is 12.5 Å². The van der Waals surface area contributed by atoms with E-state index in [2.05, 4.69) is 37.3 Å². The lowest BCUT2D eigenvalue weighted by atomic mass is 9.83. The van der Waals surface area contributed by atoms with E-state index in [1.54, 1.807) is 0 Å². The lowest BCUT2D eigenvalue weighted by Gasteiger charge is -2.24. The third-order valence-corrected chi connectivity index (χ3v) is 4.36. The van der Waals surface area contributed by atoms with Gasteiger partial charge in [-0.15, -0.1) is 0 Å². The summed E-state index contributed by atoms with van der Waals surface area (Å²) in [7, 11) is 0. The molecule has 2 heteroatoms. The van der Waals surface area contributed by atoms with Crippen molar-refractivity contribution in [3.63, 3.8) is 0 Å². The minimum Gasteiger partial charge on any atom is -0.494 e. The summed E-state index contributed by atoms with van der Waals surface area (Å²) < 4.78 is 5.70. The number of rotatable bonds is 7. The Kier molecular flexibility index (Phi) is 6.81. The minimum absolute atomic E-state index is 0.680. The highest BCUT2D eigenvalue weighted by molar-refractivity contribution is 5.55. The Bertz CT molecular complexity index is 429. The number of benzene rings is 1. The molecule has 2 rings (SSSR count). The van der Waals surface area contributed by atoms with Gasteiger partial charge in [0.25, 0.3) is 0 Å². The second-order valence-electron chi connectivity index (χ2n) is 6.03. The van der Waals surface area contributed by atoms with E-state index in [1.165, 1.54) is 49.7 Å². The normalized spacial score (nSPS) is 17.0. The molecule has 0 spiro atoms. The van der Waals surface area contributed by atoms with Crippen LogP contribution < -0.4 is 10.5 Å². The summed E-state index contributed by atoms with van der Waals surface area (Å²) in [5.74, 6) is 1.66. The molecule has 1 fully saturated rings. The van der Waals surface area contributed by atoms with Crippen molar-refractivity contribution in [3.8, 4) is 5.75 Å². The molecule has 1 aliphatic carbocycles. The number of nitrogens with two attached hydrogens (primary N) is 1. The van der Waals surface area contributed by atoms with Crippen LogP contribution in [0.1, 0.15) is 57.4 Å². The van der Waals surface area contributed by atoms with E-state index in [4.69, 9.17) is 10.5 Å². The van der Waals surface area contributed by atoms with Gasteiger partial charge in [0, 0.05) is 6.54 Å². The minimum atomic E-state index is 0.680. The first-order valence-electron chi connectivity index (χ1n) is 8.47. The Morgan fingerprint density at radius 1 is 1.19 bits per heavy atom. The summed E-state index contributed by atoms with van der Waals surface area (Å²) in [5, 5.41) is 0. The first kappa shape index (κ1) is 16.1. The molecule has 1 aromatic rings. The fourth-order valence-electron chi connectivity index (χ4n) is 3.03. The largest absolute Gasteiger partial charge is 0.494 e. The van der Waals surface area contributed by atoms with E-state index in [0.717, 1.165) is 18.8 Å². The lowest BCUT2D eigenvalue weighted by Crippen LogP contribution is -2.16. The molecule has 0 saturated heterocycles. The predicted molar refractivity (Wildman–Crippen MR) is 90.5 cm³/mol. The fourth-order valence-corrected chi connectivity index (χ4v) is 3.03. The molecule has 2 nitrogen and oxygen atoms in total. The van der Waals surface area contributed by atoms with Gasteiger partial charge in [0.1, 0.15) is 5.75 Å². The molecule has 116 valence electrons. The van der Waals surface area contributed by atoms with Crippen LogP contribution in [0.3, 0.4) is 0 Å². The van der Waals surface area contributed by atoms with Crippen molar-refractivity contribution < 1.29 is 4.74 Å². The van der Waals surface area contributed by atoms with Crippen molar-refractivity contribution in [2.24, 2.45) is 11.7 Å². The van der Waals surface area contributed by atoms with Crippen LogP contribution in [0.15, 0.2) is 29.8 Å². The summed E-state index contributed by atoms with van der Waals surface area (Å²) in [5.41, 5.74) is 8.62. The molecule has 0 unspecified atom stereocenters. The van der Waals surface area contributed by atoms with E-state index in [-0.39, 0.29) is 0 Å². The standard InChI is InChI=1S/C19H29NO/c1-2-3-13-21-19-11-9-16(10-12-19)14-18(15-20)17-7-5-4-6-8-17/h9-12,14,17H,2-8,13,15,20H2,1H3/b18-14-. The van der Waals surface area contributed by atoms with Gasteiger partial charge in [0.05, 0.1) is 6.61 Å². The van der Waals surface area contributed by atoms with Gasteiger partial charge in [-0.25, -0.2) is 0 Å². The second kappa shape index (κ2) is 8.89. The molecule has 0 aliphatic heterocycles. The van der Waals surface area contributed by atoms with E-state index in [9.17, 15) is 0 Å². The van der Waals surface area contributed by atoms with Gasteiger partial charge >= 0.3 is 0 Å². The summed E-state index contributed by atoms with van der Waals surface area (Å²) in [6.07, 6.45) is 11.3. The van der Waals surface area contributed by atoms with Gasteiger partial charge in [0.2, 0.25) is 0 Å². The summed E-state index contributed by atoms with van der Waals surface area (Å²) >= 11 is 0. The maximum atomic E-state index is 5.97. The monoisotopic (exact) mass is 287 g/mol. The molecule has 1 aliphatic rings. The maximum absolute atomic E-state index is 5.97. The zero-order valence-electron chi connectivity index (χ0n) is 13.3. The SMILES string of the molecule is CCCCOc1ccc(/C=C(/CN)C2CCCCC2)cc1. The molecule has 21 heavy (non-hydrogen) atoms. The topological polar surface area (TPSA) is 35.2 Å². The highest BCUT2D eigenvalue weighted by atomic mass is 16.5. The van der Waals surface area contributed by atoms with Crippen LogP contribution >= 0.6 is 0 Å². The molecule has 0 bridgehead atoms. The zero-order chi connectivity index (χ0) is 14.9. The van der Waals surface area contributed by atoms with Crippen molar-refractivity contribution in [1.82, 2.24) is 0 Å². The molecule has 1 saturated carbocycles. The van der Waals surface area contributed by atoms with Crippen molar-refractivity contribution >= 4 is 6.08 Å². The molecule has 0 amide bonds. The third kappa shape index (κ3) is 5.20. The van der Waals surface area contributed by atoms with Crippen molar-refractivity contribution in [2.45, 2.75) is 51.9 Å². The summed E-state index contributed by atoms with van der Waals surface area (Å²) in [6.45, 7) is 3.66. The number of hydrogen-bond donors (Lipinski definition) is 1. The van der Waals surface area contributed by atoms with E-state index >= 15 is 0 Å². The van der Waals surface area contributed by atoms with Crippen LogP contribution in [0.2, 0.25) is 0 Å². The average molecular weight is 287 g/mol. The molecular weight excluding hydrogens is 258 g/mol. The fraction of sp³-hybridized carbons (Fsp3) is 0.579. The average Bonchev–Trinajstić information content (AvgIpc) is 2.55. The molecule has 0 heterocycles. The van der Waals surface area contributed by atoms with Crippen molar-refractivity contribution in [2.75, 3.05) is 13.2 Å². The Hall–Kier alpha value is -1.28. The van der Waals surface area contributed by atoms with Gasteiger partial charge in [-0.3, -0.25) is 0 Å². The number of ether oxygens (including phenoxy) is 1. The second-order valence-corrected chi connectivity index (χ2v) is 6.03. The van der Waals surface area contributed by atoms with Gasteiger partial charge < -0.3 is 10.5 Å². The highest BCUT2D eigenvalue weighted by Crippen LogP contribution is 2.30. The van der Waals surface area contributed by atoms with Crippen molar-refractivity contribution in [3.05, 3.63) is 35.4 Å². The van der Waals surface area contributed by atoms with Gasteiger partial charge in [0.15, 0.2) is 0 Å². The zero-order valence-corrected chi connectivity index (χ0v) is 13.3.